The van der Waals surface area contributed by atoms with E-state index in [4.69, 9.17) is 21.1 Å². The smallest absolute Gasteiger partial charge is 0.328 e. The Bertz CT molecular complexity index is 677. The molecule has 7 N–H and O–H groups in total. The van der Waals surface area contributed by atoms with Crippen LogP contribution in [0.2, 0.25) is 0 Å². The van der Waals surface area contributed by atoms with E-state index in [1.165, 1.54) is 16.7 Å². The molecule has 176 valence electrons. The fraction of sp³-hybridized carbons (Fsp3) is 0.722. The first-order chi connectivity index (χ1) is 14.6. The molecule has 31 heavy (non-hydrogen) atoms. The number of hydrogen-bond donors (Lipinski definition) is 6. The van der Waals surface area contributed by atoms with Crippen molar-refractivity contribution in [1.29, 1.82) is 0 Å². The first kappa shape index (κ1) is 26.7. The maximum atomic E-state index is 13.1. The first-order valence-corrected chi connectivity index (χ1v) is 11.2. The van der Waals surface area contributed by atoms with Gasteiger partial charge in [-0.25, -0.2) is 4.79 Å². The molecule has 13 heteroatoms. The number of nitrogens with zero attached hydrogens (tertiary/aromatic N) is 1. The SMILES string of the molecule is CSCC[C@H](NC(=O)[C@@H](N)CCC(=O)O)C(=O)N1CCC[C@H]1C(=O)N[C@@H](CO)C(=O)O. The Labute approximate surface area is 183 Å². The van der Waals surface area contributed by atoms with Gasteiger partial charge >= 0.3 is 11.9 Å². The number of amides is 3. The number of thioether (sulfide) groups is 1. The topological polar surface area (TPSA) is 199 Å². The van der Waals surface area contributed by atoms with Crippen molar-refractivity contribution >= 4 is 41.4 Å². The van der Waals surface area contributed by atoms with Gasteiger partial charge < -0.3 is 36.6 Å². The Morgan fingerprint density at radius 3 is 2.35 bits per heavy atom. The largest absolute Gasteiger partial charge is 0.481 e. The van der Waals surface area contributed by atoms with E-state index in [-0.39, 0.29) is 25.8 Å². The molecule has 0 aliphatic carbocycles. The zero-order valence-corrected chi connectivity index (χ0v) is 18.1. The Morgan fingerprint density at radius 1 is 1.13 bits per heavy atom. The van der Waals surface area contributed by atoms with Crippen LogP contribution in [0.3, 0.4) is 0 Å². The number of carbonyl (C=O) groups is 5. The van der Waals surface area contributed by atoms with Gasteiger partial charge in [-0.1, -0.05) is 0 Å². The lowest BCUT2D eigenvalue weighted by atomic mass is 10.1. The molecule has 1 aliphatic rings. The Morgan fingerprint density at radius 2 is 1.81 bits per heavy atom. The first-order valence-electron chi connectivity index (χ1n) is 9.83. The van der Waals surface area contributed by atoms with Gasteiger partial charge in [0.25, 0.3) is 0 Å². The van der Waals surface area contributed by atoms with Gasteiger partial charge in [0, 0.05) is 13.0 Å². The lowest BCUT2D eigenvalue weighted by Crippen LogP contribution is -2.57. The molecule has 4 atom stereocenters. The molecule has 0 spiro atoms. The van der Waals surface area contributed by atoms with Crippen LogP contribution < -0.4 is 16.4 Å². The van der Waals surface area contributed by atoms with E-state index < -0.39 is 60.4 Å². The lowest BCUT2D eigenvalue weighted by molar-refractivity contribution is -0.145. The molecule has 3 amide bonds. The Kier molecular flexibility index (Phi) is 11.3. The third kappa shape index (κ3) is 8.34. The predicted molar refractivity (Wildman–Crippen MR) is 111 cm³/mol. The van der Waals surface area contributed by atoms with E-state index in [1.54, 1.807) is 0 Å². The van der Waals surface area contributed by atoms with Crippen LogP contribution in [0.4, 0.5) is 0 Å². The summed E-state index contributed by atoms with van der Waals surface area (Å²) in [4.78, 5) is 61.0. The summed E-state index contributed by atoms with van der Waals surface area (Å²) >= 11 is 1.46. The minimum atomic E-state index is -1.48. The number of carboxylic acid groups (broad SMARTS) is 2. The molecular weight excluding hydrogens is 432 g/mol. The molecule has 12 nitrogen and oxygen atoms in total. The Balaban J connectivity index is 2.87. The highest BCUT2D eigenvalue weighted by atomic mass is 32.2. The predicted octanol–water partition coefficient (Wildman–Crippen LogP) is -2.03. The fourth-order valence-electron chi connectivity index (χ4n) is 3.14. The highest BCUT2D eigenvalue weighted by Gasteiger charge is 2.38. The summed E-state index contributed by atoms with van der Waals surface area (Å²) in [6.07, 6.45) is 2.56. The van der Waals surface area contributed by atoms with Crippen molar-refractivity contribution in [3.8, 4) is 0 Å². The summed E-state index contributed by atoms with van der Waals surface area (Å²) < 4.78 is 0. The molecule has 1 heterocycles. The summed E-state index contributed by atoms with van der Waals surface area (Å²) in [6.45, 7) is -0.535. The third-order valence-corrected chi connectivity index (χ3v) is 5.51. The van der Waals surface area contributed by atoms with Gasteiger partial charge in [-0.3, -0.25) is 19.2 Å². The molecule has 0 unspecified atom stereocenters. The van der Waals surface area contributed by atoms with Gasteiger partial charge in [0.05, 0.1) is 12.6 Å². The van der Waals surface area contributed by atoms with Crippen LogP contribution in [-0.4, -0.2) is 99.2 Å². The number of rotatable bonds is 13. The number of hydrogen-bond acceptors (Lipinski definition) is 8. The van der Waals surface area contributed by atoms with Crippen LogP contribution in [0.25, 0.3) is 0 Å². The number of likely N-dealkylation sites (tertiary alicyclic amines) is 1. The normalized spacial score (nSPS) is 18.7. The molecule has 0 aromatic rings. The fourth-order valence-corrected chi connectivity index (χ4v) is 3.61. The highest BCUT2D eigenvalue weighted by Crippen LogP contribution is 2.20. The summed E-state index contributed by atoms with van der Waals surface area (Å²) in [5.41, 5.74) is 5.72. The standard InChI is InChI=1S/C18H30N4O8S/c1-31-8-6-11(20-15(26)10(19)4-5-14(24)25)17(28)22-7-2-3-13(22)16(27)21-12(9-23)18(29)30/h10-13,23H,2-9,19H2,1H3,(H,20,26)(H,21,27)(H,24,25)(H,29,30)/t10-,11-,12-,13-/m0/s1. The average Bonchev–Trinajstić information content (AvgIpc) is 3.21. The Hall–Kier alpha value is -2.38. The lowest BCUT2D eigenvalue weighted by Gasteiger charge is -2.29. The summed E-state index contributed by atoms with van der Waals surface area (Å²) in [6, 6.07) is -4.46. The van der Waals surface area contributed by atoms with Crippen molar-refractivity contribution in [1.82, 2.24) is 15.5 Å². The number of aliphatic hydroxyl groups excluding tert-OH is 1. The van der Waals surface area contributed by atoms with Gasteiger partial charge in [-0.2, -0.15) is 11.8 Å². The van der Waals surface area contributed by atoms with Gasteiger partial charge in [-0.15, -0.1) is 0 Å². The quantitative estimate of drug-likeness (QED) is 0.177. The van der Waals surface area contributed by atoms with E-state index in [0.29, 0.717) is 18.6 Å². The molecule has 1 saturated heterocycles. The van der Waals surface area contributed by atoms with E-state index in [1.807, 2.05) is 6.26 Å². The van der Waals surface area contributed by atoms with Crippen molar-refractivity contribution in [2.24, 2.45) is 5.73 Å². The van der Waals surface area contributed by atoms with Crippen LogP contribution in [0.5, 0.6) is 0 Å². The second kappa shape index (κ2) is 13.1. The molecule has 1 rings (SSSR count). The highest BCUT2D eigenvalue weighted by molar-refractivity contribution is 7.98. The molecule has 0 radical (unpaired) electrons. The van der Waals surface area contributed by atoms with Gasteiger partial charge in [0.1, 0.15) is 18.1 Å². The molecule has 0 aromatic carbocycles. The molecule has 1 aliphatic heterocycles. The van der Waals surface area contributed by atoms with E-state index >= 15 is 0 Å². The molecule has 0 bridgehead atoms. The van der Waals surface area contributed by atoms with E-state index in [0.717, 1.165) is 0 Å². The second-order valence-electron chi connectivity index (χ2n) is 7.15. The molecular formula is C18H30N4O8S. The average molecular weight is 463 g/mol. The number of nitrogens with one attached hydrogen (secondary N) is 2. The van der Waals surface area contributed by atoms with Gasteiger partial charge in [0.15, 0.2) is 0 Å². The van der Waals surface area contributed by atoms with Crippen LogP contribution in [-0.2, 0) is 24.0 Å². The van der Waals surface area contributed by atoms with Crippen molar-refractivity contribution in [3.05, 3.63) is 0 Å². The number of nitrogens with two attached hydrogens (primary N) is 1. The van der Waals surface area contributed by atoms with E-state index in [2.05, 4.69) is 10.6 Å². The number of carboxylic acids is 2. The van der Waals surface area contributed by atoms with E-state index in [9.17, 15) is 24.0 Å². The number of carbonyl (C=O) groups excluding carboxylic acids is 3. The second-order valence-corrected chi connectivity index (χ2v) is 8.14. The van der Waals surface area contributed by atoms with Crippen molar-refractivity contribution in [3.63, 3.8) is 0 Å². The number of aliphatic carboxylic acids is 2. The minimum Gasteiger partial charge on any atom is -0.481 e. The minimum absolute atomic E-state index is 0.0862. The van der Waals surface area contributed by atoms with Crippen molar-refractivity contribution in [2.75, 3.05) is 25.2 Å². The zero-order valence-electron chi connectivity index (χ0n) is 17.3. The summed E-state index contributed by atoms with van der Waals surface area (Å²) in [5, 5.41) is 31.6. The number of aliphatic hydroxyl groups is 1. The maximum Gasteiger partial charge on any atom is 0.328 e. The van der Waals surface area contributed by atoms with Crippen LogP contribution in [0.15, 0.2) is 0 Å². The summed E-state index contributed by atoms with van der Waals surface area (Å²) in [7, 11) is 0. The zero-order chi connectivity index (χ0) is 23.6. The summed E-state index contributed by atoms with van der Waals surface area (Å²) in [5.74, 6) is -3.80. The van der Waals surface area contributed by atoms with Crippen LogP contribution in [0.1, 0.15) is 32.1 Å². The maximum absolute atomic E-state index is 13.1. The van der Waals surface area contributed by atoms with Crippen molar-refractivity contribution < 1.29 is 39.3 Å². The molecule has 1 fully saturated rings. The van der Waals surface area contributed by atoms with Gasteiger partial charge in [0.2, 0.25) is 17.7 Å². The van der Waals surface area contributed by atoms with Crippen molar-refractivity contribution in [2.45, 2.75) is 56.3 Å². The molecule has 0 aromatic heterocycles. The molecule has 0 saturated carbocycles. The monoisotopic (exact) mass is 462 g/mol. The van der Waals surface area contributed by atoms with Gasteiger partial charge in [-0.05, 0) is 37.7 Å². The third-order valence-electron chi connectivity index (χ3n) is 4.87. The van der Waals surface area contributed by atoms with Crippen LogP contribution >= 0.6 is 11.8 Å². The van der Waals surface area contributed by atoms with Crippen LogP contribution in [0, 0.1) is 0 Å².